The van der Waals surface area contributed by atoms with Crippen LogP contribution in [0.25, 0.3) is 0 Å². The molecule has 1 heterocycles. The summed E-state index contributed by atoms with van der Waals surface area (Å²) in [6, 6.07) is 0. The molecule has 1 rings (SSSR count). The first-order chi connectivity index (χ1) is 5.41. The van der Waals surface area contributed by atoms with Gasteiger partial charge >= 0.3 is 0 Å². The zero-order valence-electron chi connectivity index (χ0n) is 7.40. The van der Waals surface area contributed by atoms with Crippen LogP contribution < -0.4 is 0 Å². The monoisotopic (exact) mass is 184 g/mol. The van der Waals surface area contributed by atoms with Gasteiger partial charge in [0, 0.05) is 5.54 Å². The highest BCUT2D eigenvalue weighted by Crippen LogP contribution is 2.16. The molecule has 0 aliphatic rings. The van der Waals surface area contributed by atoms with E-state index in [1.165, 1.54) is 0 Å². The van der Waals surface area contributed by atoms with Crippen LogP contribution in [-0.2, 0) is 5.54 Å². The number of rotatable bonds is 0. The lowest BCUT2D eigenvalue weighted by molar-refractivity contribution is 0.373. The summed E-state index contributed by atoms with van der Waals surface area (Å²) in [5, 5.41) is 9.28. The molecule has 0 bridgehead atoms. The van der Waals surface area contributed by atoms with Crippen molar-refractivity contribution in [1.82, 2.24) is 9.55 Å². The third-order valence-corrected chi connectivity index (χ3v) is 1.87. The Morgan fingerprint density at radius 1 is 1.50 bits per heavy atom. The van der Waals surface area contributed by atoms with Crippen molar-refractivity contribution in [3.63, 3.8) is 0 Å². The van der Waals surface area contributed by atoms with Crippen molar-refractivity contribution < 1.29 is 5.11 Å². The molecule has 0 atom stereocenters. The maximum Gasteiger partial charge on any atom is 0.171 e. The molecule has 12 heavy (non-hydrogen) atoms. The van der Waals surface area contributed by atoms with Crippen LogP contribution in [0.3, 0.4) is 0 Å². The second-order valence-electron chi connectivity index (χ2n) is 3.64. The largest absolute Gasteiger partial charge is 0.504 e. The zero-order valence-corrected chi connectivity index (χ0v) is 8.22. The van der Waals surface area contributed by atoms with E-state index in [0.29, 0.717) is 0 Å². The number of aromatic hydroxyl groups is 1. The van der Waals surface area contributed by atoms with Gasteiger partial charge in [0.15, 0.2) is 10.4 Å². The van der Waals surface area contributed by atoms with Crippen molar-refractivity contribution >= 4 is 12.2 Å². The van der Waals surface area contributed by atoms with Crippen LogP contribution in [0.5, 0.6) is 5.75 Å². The Bertz CT molecular complexity index is 338. The molecular formula is C8H12N2OS. The van der Waals surface area contributed by atoms with Gasteiger partial charge in [-0.05, 0) is 20.8 Å². The summed E-state index contributed by atoms with van der Waals surface area (Å²) in [5.74, 6) is 0.0578. The van der Waals surface area contributed by atoms with E-state index in [9.17, 15) is 5.11 Å². The summed E-state index contributed by atoms with van der Waals surface area (Å²) in [5.41, 5.74) is -0.0759. The number of aromatic nitrogens is 2. The second kappa shape index (κ2) is 2.86. The molecule has 1 aromatic rings. The molecule has 0 aliphatic heterocycles. The van der Waals surface area contributed by atoms with Gasteiger partial charge in [-0.25, -0.2) is 4.98 Å². The predicted octanol–water partition coefficient (Wildman–Crippen LogP) is 2.07. The highest BCUT2D eigenvalue weighted by Gasteiger charge is 2.11. The van der Waals surface area contributed by atoms with Gasteiger partial charge in [0.25, 0.3) is 0 Å². The molecular weight excluding hydrogens is 172 g/mol. The third-order valence-electron chi connectivity index (χ3n) is 1.55. The van der Waals surface area contributed by atoms with Crippen molar-refractivity contribution in [3.8, 4) is 5.75 Å². The fraction of sp³-hybridized carbons (Fsp3) is 0.500. The van der Waals surface area contributed by atoms with Crippen LogP contribution in [0.15, 0.2) is 12.5 Å². The molecule has 0 saturated carbocycles. The molecule has 66 valence electrons. The lowest BCUT2D eigenvalue weighted by Crippen LogP contribution is -2.21. The van der Waals surface area contributed by atoms with Gasteiger partial charge in [-0.2, -0.15) is 0 Å². The van der Waals surface area contributed by atoms with Gasteiger partial charge in [0.2, 0.25) is 0 Å². The highest BCUT2D eigenvalue weighted by molar-refractivity contribution is 7.71. The maximum atomic E-state index is 9.28. The number of hydrogen-bond acceptors (Lipinski definition) is 3. The van der Waals surface area contributed by atoms with Crippen molar-refractivity contribution in [2.45, 2.75) is 26.3 Å². The normalized spacial score (nSPS) is 11.6. The Hall–Kier alpha value is -0.900. The molecule has 0 aliphatic carbocycles. The van der Waals surface area contributed by atoms with Crippen molar-refractivity contribution in [1.29, 1.82) is 0 Å². The van der Waals surface area contributed by atoms with Crippen LogP contribution in [0.4, 0.5) is 0 Å². The summed E-state index contributed by atoms with van der Waals surface area (Å²) < 4.78 is 2.06. The fourth-order valence-corrected chi connectivity index (χ4v) is 0.868. The molecule has 0 fully saturated rings. The quantitative estimate of drug-likeness (QED) is 0.627. The van der Waals surface area contributed by atoms with Crippen molar-refractivity contribution in [3.05, 3.63) is 17.2 Å². The standard InChI is InChI=1S/C8H12N2OS/c1-8(2,3)10-4-6(11)7(12)9-5-10/h4-5,11H,1-3H3. The average molecular weight is 184 g/mol. The topological polar surface area (TPSA) is 38.0 Å². The molecule has 0 spiro atoms. The Morgan fingerprint density at radius 2 is 2.08 bits per heavy atom. The SMILES string of the molecule is CC(C)(C)n1cnc(=S)c(O)c1. The molecule has 0 unspecified atom stereocenters. The summed E-state index contributed by atoms with van der Waals surface area (Å²) >= 11 is 4.76. The Balaban J connectivity index is 3.23. The Morgan fingerprint density at radius 3 is 2.50 bits per heavy atom. The van der Waals surface area contributed by atoms with Crippen molar-refractivity contribution in [2.24, 2.45) is 0 Å². The number of hydrogen-bond donors (Lipinski definition) is 1. The van der Waals surface area contributed by atoms with Crippen LogP contribution in [-0.4, -0.2) is 14.7 Å². The first kappa shape index (κ1) is 9.19. The van der Waals surface area contributed by atoms with Gasteiger partial charge in [-0.1, -0.05) is 12.2 Å². The maximum absolute atomic E-state index is 9.28. The van der Waals surface area contributed by atoms with E-state index in [0.717, 1.165) is 0 Å². The second-order valence-corrected chi connectivity index (χ2v) is 4.03. The first-order valence-corrected chi connectivity index (χ1v) is 4.10. The minimum Gasteiger partial charge on any atom is -0.504 e. The Kier molecular flexibility index (Phi) is 2.19. The third kappa shape index (κ3) is 1.82. The first-order valence-electron chi connectivity index (χ1n) is 3.69. The van der Waals surface area contributed by atoms with Gasteiger partial charge in [0.05, 0.1) is 12.5 Å². The van der Waals surface area contributed by atoms with E-state index in [4.69, 9.17) is 12.2 Å². The highest BCUT2D eigenvalue weighted by atomic mass is 32.1. The minimum atomic E-state index is -0.0759. The lowest BCUT2D eigenvalue weighted by atomic mass is 10.1. The molecule has 4 heteroatoms. The van der Waals surface area contributed by atoms with E-state index in [1.807, 2.05) is 25.3 Å². The molecule has 1 N–H and O–H groups in total. The summed E-state index contributed by atoms with van der Waals surface area (Å²) in [7, 11) is 0. The van der Waals surface area contributed by atoms with Crippen LogP contribution >= 0.6 is 12.2 Å². The lowest BCUT2D eigenvalue weighted by Gasteiger charge is -2.22. The van der Waals surface area contributed by atoms with E-state index in [1.54, 1.807) is 12.5 Å². The summed E-state index contributed by atoms with van der Waals surface area (Å²) in [4.78, 5) is 3.87. The minimum absolute atomic E-state index is 0.0578. The molecule has 0 amide bonds. The summed E-state index contributed by atoms with van der Waals surface area (Å²) in [6.07, 6.45) is 3.22. The fourth-order valence-electron chi connectivity index (χ4n) is 0.768. The Labute approximate surface area is 76.7 Å². The zero-order chi connectivity index (χ0) is 9.35. The van der Waals surface area contributed by atoms with Gasteiger partial charge in [0.1, 0.15) is 0 Å². The van der Waals surface area contributed by atoms with Crippen molar-refractivity contribution in [2.75, 3.05) is 0 Å². The van der Waals surface area contributed by atoms with E-state index in [2.05, 4.69) is 4.98 Å². The molecule has 0 aromatic carbocycles. The smallest absolute Gasteiger partial charge is 0.171 e. The molecule has 1 aromatic heterocycles. The van der Waals surface area contributed by atoms with Gasteiger partial charge in [-0.15, -0.1) is 0 Å². The predicted molar refractivity (Wildman–Crippen MR) is 49.7 cm³/mol. The van der Waals surface area contributed by atoms with Crippen LogP contribution in [0, 0.1) is 4.64 Å². The van der Waals surface area contributed by atoms with E-state index in [-0.39, 0.29) is 15.9 Å². The van der Waals surface area contributed by atoms with E-state index < -0.39 is 0 Å². The molecule has 0 saturated heterocycles. The van der Waals surface area contributed by atoms with Crippen LogP contribution in [0.2, 0.25) is 0 Å². The van der Waals surface area contributed by atoms with Gasteiger partial charge < -0.3 is 9.67 Å². The molecule has 3 nitrogen and oxygen atoms in total. The van der Waals surface area contributed by atoms with Gasteiger partial charge in [-0.3, -0.25) is 0 Å². The van der Waals surface area contributed by atoms with Crippen LogP contribution in [0.1, 0.15) is 20.8 Å². The summed E-state index contributed by atoms with van der Waals surface area (Å²) in [6.45, 7) is 6.07. The number of nitrogens with zero attached hydrogens (tertiary/aromatic N) is 2. The average Bonchev–Trinajstić information content (AvgIpc) is 1.92. The molecule has 0 radical (unpaired) electrons. The van der Waals surface area contributed by atoms with E-state index >= 15 is 0 Å².